The van der Waals surface area contributed by atoms with Crippen molar-refractivity contribution in [1.82, 2.24) is 0 Å². The average molecular weight is 383 g/mol. The zero-order valence-corrected chi connectivity index (χ0v) is 16.0. The zero-order valence-electron chi connectivity index (χ0n) is 15.2. The van der Waals surface area contributed by atoms with Crippen LogP contribution in [0.4, 0.5) is 0 Å². The maximum Gasteiger partial charge on any atom is 0.303 e. The number of aliphatic hydroxyl groups excluding tert-OH is 1. The number of benzene rings is 1. The van der Waals surface area contributed by atoms with Gasteiger partial charge in [0.1, 0.15) is 5.71 Å². The molecular formula is C20H19N2O4S+. The fourth-order valence-corrected chi connectivity index (χ4v) is 3.75. The molecule has 6 nitrogen and oxygen atoms in total. The molecule has 0 saturated heterocycles. The first-order chi connectivity index (χ1) is 12.7. The first kappa shape index (κ1) is 18.7. The molecule has 0 radical (unpaired) electrons. The number of sulfonamides is 1. The summed E-state index contributed by atoms with van der Waals surface area (Å²) >= 11 is 0. The van der Waals surface area contributed by atoms with E-state index in [-0.39, 0.29) is 22.1 Å². The van der Waals surface area contributed by atoms with E-state index in [9.17, 15) is 18.3 Å². The van der Waals surface area contributed by atoms with Crippen molar-refractivity contribution in [2.45, 2.75) is 25.7 Å². The SMILES string of the molecule is CC1=C(C)/C(=N\S(=O)(=O)c2ccc(C)cc2)C(=O)C([n+]2ccccc2)=C1O. The Hall–Kier alpha value is -3.06. The number of ketones is 1. The van der Waals surface area contributed by atoms with Crippen molar-refractivity contribution in [3.63, 3.8) is 0 Å². The predicted molar refractivity (Wildman–Crippen MR) is 102 cm³/mol. The van der Waals surface area contributed by atoms with E-state index >= 15 is 0 Å². The van der Waals surface area contributed by atoms with Crippen molar-refractivity contribution in [2.75, 3.05) is 0 Å². The van der Waals surface area contributed by atoms with Gasteiger partial charge >= 0.3 is 5.70 Å². The molecule has 7 heteroatoms. The topological polar surface area (TPSA) is 87.7 Å². The molecule has 0 bridgehead atoms. The van der Waals surface area contributed by atoms with E-state index in [1.807, 2.05) is 6.92 Å². The minimum absolute atomic E-state index is 0.00606. The van der Waals surface area contributed by atoms with Crippen molar-refractivity contribution in [3.8, 4) is 0 Å². The minimum Gasteiger partial charge on any atom is -0.502 e. The Balaban J connectivity index is 2.16. The number of carbonyl (C=O) groups excluding carboxylic acids is 1. The number of hydrogen-bond acceptors (Lipinski definition) is 4. The number of rotatable bonds is 3. The van der Waals surface area contributed by atoms with Crippen LogP contribution in [0.5, 0.6) is 0 Å². The van der Waals surface area contributed by atoms with E-state index in [4.69, 9.17) is 0 Å². The van der Waals surface area contributed by atoms with Gasteiger partial charge in [-0.1, -0.05) is 23.8 Å². The van der Waals surface area contributed by atoms with Crippen LogP contribution in [0.1, 0.15) is 19.4 Å². The van der Waals surface area contributed by atoms with Crippen LogP contribution >= 0.6 is 0 Å². The molecule has 0 unspecified atom stereocenters. The summed E-state index contributed by atoms with van der Waals surface area (Å²) < 4.78 is 30.6. The first-order valence-electron chi connectivity index (χ1n) is 8.27. The summed E-state index contributed by atoms with van der Waals surface area (Å²) in [5.41, 5.74) is 1.42. The second-order valence-corrected chi connectivity index (χ2v) is 7.89. The Bertz CT molecular complexity index is 1110. The summed E-state index contributed by atoms with van der Waals surface area (Å²) in [6.07, 6.45) is 3.20. The van der Waals surface area contributed by atoms with Gasteiger partial charge in [0.25, 0.3) is 15.8 Å². The van der Waals surface area contributed by atoms with E-state index in [1.54, 1.807) is 56.6 Å². The normalized spacial score (nSPS) is 17.0. The van der Waals surface area contributed by atoms with Crippen LogP contribution < -0.4 is 4.57 Å². The van der Waals surface area contributed by atoms with E-state index in [2.05, 4.69) is 4.40 Å². The van der Waals surface area contributed by atoms with Gasteiger partial charge in [0, 0.05) is 17.7 Å². The fraction of sp³-hybridized carbons (Fsp3) is 0.150. The van der Waals surface area contributed by atoms with Gasteiger partial charge in [-0.15, -0.1) is 0 Å². The van der Waals surface area contributed by atoms with Gasteiger partial charge in [0.15, 0.2) is 18.2 Å². The minimum atomic E-state index is -4.07. The van der Waals surface area contributed by atoms with Crippen LogP contribution in [-0.4, -0.2) is 25.0 Å². The van der Waals surface area contributed by atoms with Gasteiger partial charge in [0.05, 0.1) is 4.90 Å². The number of nitrogens with zero attached hydrogens (tertiary/aromatic N) is 2. The second kappa shape index (κ2) is 6.92. The van der Waals surface area contributed by atoms with E-state index in [1.165, 1.54) is 16.7 Å². The summed E-state index contributed by atoms with van der Waals surface area (Å²) in [4.78, 5) is 13.0. The largest absolute Gasteiger partial charge is 0.502 e. The first-order valence-corrected chi connectivity index (χ1v) is 9.71. The van der Waals surface area contributed by atoms with Crippen molar-refractivity contribution in [3.05, 3.63) is 77.3 Å². The molecule has 3 rings (SSSR count). The number of aromatic nitrogens is 1. The highest BCUT2D eigenvalue weighted by Crippen LogP contribution is 2.26. The molecule has 0 saturated carbocycles. The van der Waals surface area contributed by atoms with E-state index in [0.717, 1.165) is 5.56 Å². The number of Topliss-reactive ketones (excluding diaryl/α,β-unsaturated/α-hetero) is 1. The average Bonchev–Trinajstić information content (AvgIpc) is 2.65. The van der Waals surface area contributed by atoms with Crippen LogP contribution in [0, 0.1) is 6.92 Å². The quantitative estimate of drug-likeness (QED) is 0.652. The number of aliphatic hydroxyl groups is 1. The van der Waals surface area contributed by atoms with E-state index < -0.39 is 15.8 Å². The smallest absolute Gasteiger partial charge is 0.303 e. The molecule has 1 aromatic heterocycles. The van der Waals surface area contributed by atoms with Crippen molar-refractivity contribution < 1.29 is 22.9 Å². The lowest BCUT2D eigenvalue weighted by Gasteiger charge is -2.16. The number of pyridine rings is 1. The van der Waals surface area contributed by atoms with Gasteiger partial charge in [-0.2, -0.15) is 17.4 Å². The van der Waals surface area contributed by atoms with E-state index in [0.29, 0.717) is 11.1 Å². The molecule has 0 fully saturated rings. The van der Waals surface area contributed by atoms with Gasteiger partial charge in [-0.05, 0) is 38.5 Å². The monoisotopic (exact) mass is 383 g/mol. The van der Waals surface area contributed by atoms with Gasteiger partial charge in [0.2, 0.25) is 0 Å². The summed E-state index contributed by atoms with van der Waals surface area (Å²) in [7, 11) is -4.07. The predicted octanol–water partition coefficient (Wildman–Crippen LogP) is 2.76. The highest BCUT2D eigenvalue weighted by molar-refractivity contribution is 7.90. The third-order valence-electron chi connectivity index (χ3n) is 4.43. The molecule has 27 heavy (non-hydrogen) atoms. The molecule has 2 aromatic rings. The standard InChI is InChI=1S/C20H18N2O4S/c1-13-7-9-16(10-8-13)27(25,26)21-17-14(2)15(3)19(23)18(20(17)24)22-11-5-4-6-12-22/h4-12H,1-3H3/p+1/b21-17+. The molecule has 1 aromatic carbocycles. The lowest BCUT2D eigenvalue weighted by molar-refractivity contribution is -0.578. The van der Waals surface area contributed by atoms with Gasteiger partial charge in [-0.25, -0.2) is 0 Å². The van der Waals surface area contributed by atoms with Crippen molar-refractivity contribution in [1.29, 1.82) is 0 Å². The second-order valence-electron chi connectivity index (χ2n) is 6.29. The van der Waals surface area contributed by atoms with Gasteiger partial charge < -0.3 is 5.11 Å². The summed E-state index contributed by atoms with van der Waals surface area (Å²) in [6, 6.07) is 11.4. The Labute approximate surface area is 157 Å². The third-order valence-corrected chi connectivity index (χ3v) is 5.72. The lowest BCUT2D eigenvalue weighted by atomic mass is 9.93. The maximum atomic E-state index is 13.0. The molecule has 0 atom stereocenters. The Morgan fingerprint density at radius 1 is 0.926 bits per heavy atom. The Morgan fingerprint density at radius 3 is 2.11 bits per heavy atom. The molecule has 138 valence electrons. The summed E-state index contributed by atoms with van der Waals surface area (Å²) in [5.74, 6) is -0.845. The zero-order chi connectivity index (χ0) is 19.8. The molecule has 0 spiro atoms. The van der Waals surface area contributed by atoms with Crippen LogP contribution in [0.25, 0.3) is 5.70 Å². The van der Waals surface area contributed by atoms with Crippen LogP contribution in [-0.2, 0) is 14.8 Å². The number of allylic oxidation sites excluding steroid dienone is 3. The summed E-state index contributed by atoms with van der Waals surface area (Å²) in [6.45, 7) is 5.04. The highest BCUT2D eigenvalue weighted by Gasteiger charge is 2.37. The number of carbonyl (C=O) groups is 1. The molecular weight excluding hydrogens is 364 g/mol. The third kappa shape index (κ3) is 3.46. The van der Waals surface area contributed by atoms with Crippen LogP contribution in [0.3, 0.4) is 0 Å². The maximum absolute atomic E-state index is 13.0. The van der Waals surface area contributed by atoms with Gasteiger partial charge in [-0.3, -0.25) is 4.79 Å². The Morgan fingerprint density at radius 2 is 1.52 bits per heavy atom. The van der Waals surface area contributed by atoms with Crippen LogP contribution in [0.15, 0.2) is 81.1 Å². The van der Waals surface area contributed by atoms with Crippen molar-refractivity contribution in [2.24, 2.45) is 4.40 Å². The fourth-order valence-electron chi connectivity index (χ4n) is 2.70. The molecule has 1 aliphatic carbocycles. The highest BCUT2D eigenvalue weighted by atomic mass is 32.2. The van der Waals surface area contributed by atoms with Crippen LogP contribution in [0.2, 0.25) is 0 Å². The van der Waals surface area contributed by atoms with Crippen molar-refractivity contribution >= 4 is 27.2 Å². The Kier molecular flexibility index (Phi) is 4.80. The molecule has 1 N–H and O–H groups in total. The molecule has 1 heterocycles. The molecule has 1 aliphatic rings. The number of hydrogen-bond donors (Lipinski definition) is 1. The lowest BCUT2D eigenvalue weighted by Crippen LogP contribution is -2.42. The molecule has 0 aliphatic heterocycles. The summed E-state index contributed by atoms with van der Waals surface area (Å²) in [5, 5.41) is 10.5. The molecule has 0 amide bonds. The number of aryl methyl sites for hydroxylation is 1.